The van der Waals surface area contributed by atoms with Gasteiger partial charge in [-0.2, -0.15) is 0 Å². The van der Waals surface area contributed by atoms with Gasteiger partial charge in [-0.15, -0.1) is 11.3 Å². The van der Waals surface area contributed by atoms with Gasteiger partial charge in [0.2, 0.25) is 0 Å². The standard InChI is InChI=1S/C11H13NS/c1-7(2)8-3-4-10-9(5-8)6-11(12)13-10/h3-7H,12H2,1-2H3. The van der Waals surface area contributed by atoms with Crippen LogP contribution < -0.4 is 5.73 Å². The zero-order chi connectivity index (χ0) is 9.42. The molecule has 0 saturated carbocycles. The van der Waals surface area contributed by atoms with Crippen molar-refractivity contribution in [3.8, 4) is 0 Å². The molecule has 0 aliphatic heterocycles. The topological polar surface area (TPSA) is 26.0 Å². The van der Waals surface area contributed by atoms with Crippen LogP contribution in [0, 0.1) is 0 Å². The molecule has 0 fully saturated rings. The van der Waals surface area contributed by atoms with Crippen molar-refractivity contribution in [3.63, 3.8) is 0 Å². The second-order valence-corrected chi connectivity index (χ2v) is 4.72. The molecule has 0 bridgehead atoms. The summed E-state index contributed by atoms with van der Waals surface area (Å²) in [6, 6.07) is 8.62. The van der Waals surface area contributed by atoms with Crippen molar-refractivity contribution in [2.75, 3.05) is 5.73 Å². The summed E-state index contributed by atoms with van der Waals surface area (Å²) in [4.78, 5) is 0. The highest BCUT2D eigenvalue weighted by atomic mass is 32.1. The Balaban J connectivity index is 2.61. The van der Waals surface area contributed by atoms with Crippen LogP contribution in [0.3, 0.4) is 0 Å². The Morgan fingerprint density at radius 1 is 1.23 bits per heavy atom. The lowest BCUT2D eigenvalue weighted by Crippen LogP contribution is -1.84. The summed E-state index contributed by atoms with van der Waals surface area (Å²) in [6.07, 6.45) is 0. The monoisotopic (exact) mass is 191 g/mol. The first-order chi connectivity index (χ1) is 6.16. The minimum atomic E-state index is 0.588. The molecule has 13 heavy (non-hydrogen) atoms. The Morgan fingerprint density at radius 2 is 2.00 bits per heavy atom. The van der Waals surface area contributed by atoms with Crippen molar-refractivity contribution in [2.24, 2.45) is 0 Å². The van der Waals surface area contributed by atoms with Gasteiger partial charge >= 0.3 is 0 Å². The third kappa shape index (κ3) is 1.54. The van der Waals surface area contributed by atoms with E-state index >= 15 is 0 Å². The molecule has 1 nitrogen and oxygen atoms in total. The number of thiophene rings is 1. The first-order valence-electron chi connectivity index (χ1n) is 4.46. The van der Waals surface area contributed by atoms with Crippen LogP contribution >= 0.6 is 11.3 Å². The van der Waals surface area contributed by atoms with Crippen molar-refractivity contribution < 1.29 is 0 Å². The average Bonchev–Trinajstić information content (AvgIpc) is 2.42. The molecule has 0 aliphatic carbocycles. The molecule has 1 aromatic heterocycles. The van der Waals surface area contributed by atoms with Crippen LogP contribution in [0.2, 0.25) is 0 Å². The third-order valence-electron chi connectivity index (χ3n) is 2.23. The van der Waals surface area contributed by atoms with Gasteiger partial charge in [0.15, 0.2) is 0 Å². The molecule has 0 radical (unpaired) electrons. The second-order valence-electron chi connectivity index (χ2n) is 3.60. The molecule has 0 spiro atoms. The molecular formula is C11H13NS. The molecule has 68 valence electrons. The van der Waals surface area contributed by atoms with Crippen molar-refractivity contribution in [3.05, 3.63) is 29.8 Å². The number of anilines is 1. The summed E-state index contributed by atoms with van der Waals surface area (Å²) >= 11 is 1.65. The van der Waals surface area contributed by atoms with Crippen molar-refractivity contribution >= 4 is 26.4 Å². The number of benzene rings is 1. The van der Waals surface area contributed by atoms with E-state index in [0.717, 1.165) is 5.00 Å². The molecule has 1 heterocycles. The van der Waals surface area contributed by atoms with E-state index < -0.39 is 0 Å². The Kier molecular flexibility index (Phi) is 2.00. The third-order valence-corrected chi connectivity index (χ3v) is 3.17. The molecule has 1 aromatic carbocycles. The van der Waals surface area contributed by atoms with Crippen LogP contribution in [-0.2, 0) is 0 Å². The minimum Gasteiger partial charge on any atom is -0.391 e. The number of rotatable bonds is 1. The van der Waals surface area contributed by atoms with Gasteiger partial charge in [-0.1, -0.05) is 19.9 Å². The number of hydrogen-bond donors (Lipinski definition) is 1. The molecule has 0 amide bonds. The highest BCUT2D eigenvalue weighted by Crippen LogP contribution is 2.29. The second kappa shape index (κ2) is 3.04. The molecule has 0 aliphatic rings. The maximum Gasteiger partial charge on any atom is 0.0868 e. The van der Waals surface area contributed by atoms with Gasteiger partial charge in [0.05, 0.1) is 5.00 Å². The summed E-state index contributed by atoms with van der Waals surface area (Å²) in [5.41, 5.74) is 7.12. The summed E-state index contributed by atoms with van der Waals surface area (Å²) in [6.45, 7) is 4.41. The van der Waals surface area contributed by atoms with Crippen LogP contribution in [-0.4, -0.2) is 0 Å². The van der Waals surface area contributed by atoms with Crippen LogP contribution in [0.5, 0.6) is 0 Å². The van der Waals surface area contributed by atoms with Crippen molar-refractivity contribution in [1.29, 1.82) is 0 Å². The van der Waals surface area contributed by atoms with Gasteiger partial charge < -0.3 is 5.73 Å². The smallest absolute Gasteiger partial charge is 0.0868 e. The van der Waals surface area contributed by atoms with Gasteiger partial charge in [0.1, 0.15) is 0 Å². The lowest BCUT2D eigenvalue weighted by atomic mass is 10.0. The van der Waals surface area contributed by atoms with E-state index in [1.54, 1.807) is 11.3 Å². The highest BCUT2D eigenvalue weighted by molar-refractivity contribution is 7.22. The van der Waals surface area contributed by atoms with Crippen LogP contribution in [0.25, 0.3) is 10.1 Å². The van der Waals surface area contributed by atoms with Crippen molar-refractivity contribution in [2.45, 2.75) is 19.8 Å². The number of fused-ring (bicyclic) bond motifs is 1. The van der Waals surface area contributed by atoms with E-state index in [1.165, 1.54) is 15.6 Å². The van der Waals surface area contributed by atoms with Gasteiger partial charge in [0.25, 0.3) is 0 Å². The van der Waals surface area contributed by atoms with Gasteiger partial charge in [-0.25, -0.2) is 0 Å². The zero-order valence-corrected chi connectivity index (χ0v) is 8.69. The van der Waals surface area contributed by atoms with Gasteiger partial charge in [-0.3, -0.25) is 0 Å². The Labute approximate surface area is 82.2 Å². The molecule has 0 saturated heterocycles. The Hall–Kier alpha value is -1.02. The lowest BCUT2D eigenvalue weighted by Gasteiger charge is -2.03. The Bertz CT molecular complexity index is 429. The Morgan fingerprint density at radius 3 is 2.69 bits per heavy atom. The maximum absolute atomic E-state index is 5.74. The molecule has 0 unspecified atom stereocenters. The van der Waals surface area contributed by atoms with Crippen LogP contribution in [0.4, 0.5) is 5.00 Å². The predicted molar refractivity (Wildman–Crippen MR) is 60.3 cm³/mol. The quantitative estimate of drug-likeness (QED) is 0.732. The summed E-state index contributed by atoms with van der Waals surface area (Å²) in [5.74, 6) is 0.588. The van der Waals surface area contributed by atoms with Crippen LogP contribution in [0.15, 0.2) is 24.3 Å². The molecule has 2 heteroatoms. The first kappa shape index (κ1) is 8.57. The average molecular weight is 191 g/mol. The van der Waals surface area contributed by atoms with E-state index in [0.29, 0.717) is 5.92 Å². The van der Waals surface area contributed by atoms with Crippen LogP contribution in [0.1, 0.15) is 25.3 Å². The molecular weight excluding hydrogens is 178 g/mol. The largest absolute Gasteiger partial charge is 0.391 e. The zero-order valence-electron chi connectivity index (χ0n) is 7.87. The summed E-state index contributed by atoms with van der Waals surface area (Å²) < 4.78 is 1.28. The van der Waals surface area contributed by atoms with E-state index in [1.807, 2.05) is 6.07 Å². The van der Waals surface area contributed by atoms with E-state index in [4.69, 9.17) is 5.73 Å². The normalized spacial score (nSPS) is 11.3. The first-order valence-corrected chi connectivity index (χ1v) is 5.27. The molecule has 2 rings (SSSR count). The number of nitrogen functional groups attached to an aromatic ring is 1. The fraction of sp³-hybridized carbons (Fsp3) is 0.273. The summed E-state index contributed by atoms with van der Waals surface area (Å²) in [5, 5.41) is 2.17. The number of nitrogens with two attached hydrogens (primary N) is 1. The van der Waals surface area contributed by atoms with E-state index in [-0.39, 0.29) is 0 Å². The summed E-state index contributed by atoms with van der Waals surface area (Å²) in [7, 11) is 0. The molecule has 2 N–H and O–H groups in total. The SMILES string of the molecule is CC(C)c1ccc2sc(N)cc2c1. The molecule has 2 aromatic rings. The molecule has 0 atom stereocenters. The van der Waals surface area contributed by atoms with Gasteiger partial charge in [-0.05, 0) is 35.1 Å². The van der Waals surface area contributed by atoms with E-state index in [9.17, 15) is 0 Å². The van der Waals surface area contributed by atoms with Crippen molar-refractivity contribution in [1.82, 2.24) is 0 Å². The fourth-order valence-electron chi connectivity index (χ4n) is 1.44. The van der Waals surface area contributed by atoms with E-state index in [2.05, 4.69) is 32.0 Å². The highest BCUT2D eigenvalue weighted by Gasteiger charge is 2.02. The number of hydrogen-bond acceptors (Lipinski definition) is 2. The van der Waals surface area contributed by atoms with Gasteiger partial charge in [0, 0.05) is 4.70 Å². The lowest BCUT2D eigenvalue weighted by molar-refractivity contribution is 0.869. The predicted octanol–water partition coefficient (Wildman–Crippen LogP) is 3.61. The minimum absolute atomic E-state index is 0.588. The maximum atomic E-state index is 5.74. The fourth-order valence-corrected chi connectivity index (χ4v) is 2.25.